The van der Waals surface area contributed by atoms with Gasteiger partial charge in [0.05, 0.1) is 19.8 Å². The summed E-state index contributed by atoms with van der Waals surface area (Å²) in [6.07, 6.45) is 0. The Labute approximate surface area is 99.8 Å². The second-order valence-electron chi connectivity index (χ2n) is 3.68. The Hall–Kier alpha value is -0.810. The predicted octanol–water partition coefficient (Wildman–Crippen LogP) is 1.57. The van der Waals surface area contributed by atoms with Crippen LogP contribution in [0.25, 0.3) is 0 Å². The van der Waals surface area contributed by atoms with Gasteiger partial charge in [-0.25, -0.2) is 5.90 Å². The lowest BCUT2D eigenvalue weighted by Gasteiger charge is -2.30. The lowest BCUT2D eigenvalue weighted by atomic mass is 10.1. The van der Waals surface area contributed by atoms with E-state index in [4.69, 9.17) is 27.1 Å². The molecule has 0 atom stereocenters. The highest BCUT2D eigenvalue weighted by Crippen LogP contribution is 2.25. The van der Waals surface area contributed by atoms with E-state index in [9.17, 15) is 0 Å². The molecule has 1 saturated heterocycles. The quantitative estimate of drug-likeness (QED) is 0.818. The standard InChI is InChI=1S/C11H15ClN2O2/c12-10-1-2-11(9(7-10)8-16-13)14-3-5-15-6-4-14/h1-2,7H,3-6,8,13H2. The molecule has 1 aromatic carbocycles. The number of nitrogens with two attached hydrogens (primary N) is 1. The van der Waals surface area contributed by atoms with Crippen molar-refractivity contribution in [3.8, 4) is 0 Å². The molecule has 1 aliphatic heterocycles. The monoisotopic (exact) mass is 242 g/mol. The first-order valence-corrected chi connectivity index (χ1v) is 5.62. The van der Waals surface area contributed by atoms with E-state index in [1.807, 2.05) is 18.2 Å². The normalized spacial score (nSPS) is 16.5. The minimum atomic E-state index is 0.368. The molecule has 2 N–H and O–H groups in total. The first-order chi connectivity index (χ1) is 7.81. The molecule has 0 aliphatic carbocycles. The average molecular weight is 243 g/mol. The molecule has 1 aromatic rings. The SMILES string of the molecule is NOCc1cc(Cl)ccc1N1CCOCC1. The third-order valence-electron chi connectivity index (χ3n) is 2.63. The Morgan fingerprint density at radius 2 is 2.12 bits per heavy atom. The first-order valence-electron chi connectivity index (χ1n) is 5.24. The van der Waals surface area contributed by atoms with Crippen molar-refractivity contribution in [2.24, 2.45) is 5.90 Å². The van der Waals surface area contributed by atoms with Gasteiger partial charge < -0.3 is 9.64 Å². The van der Waals surface area contributed by atoms with Gasteiger partial charge in [-0.3, -0.25) is 4.84 Å². The van der Waals surface area contributed by atoms with E-state index in [1.54, 1.807) is 0 Å². The average Bonchev–Trinajstić information content (AvgIpc) is 2.31. The van der Waals surface area contributed by atoms with Gasteiger partial charge in [-0.2, -0.15) is 0 Å². The lowest BCUT2D eigenvalue weighted by Crippen LogP contribution is -2.36. The van der Waals surface area contributed by atoms with Crippen LogP contribution in [0.4, 0.5) is 5.69 Å². The van der Waals surface area contributed by atoms with Gasteiger partial charge in [0.2, 0.25) is 0 Å². The van der Waals surface area contributed by atoms with Gasteiger partial charge in [-0.1, -0.05) is 11.6 Å². The first kappa shape index (κ1) is 11.7. The lowest BCUT2D eigenvalue weighted by molar-refractivity contribution is 0.118. The minimum Gasteiger partial charge on any atom is -0.378 e. The Kier molecular flexibility index (Phi) is 4.01. The van der Waals surface area contributed by atoms with Crippen molar-refractivity contribution in [1.82, 2.24) is 0 Å². The second-order valence-corrected chi connectivity index (χ2v) is 4.12. The van der Waals surface area contributed by atoms with E-state index in [2.05, 4.69) is 4.90 Å². The molecular weight excluding hydrogens is 228 g/mol. The van der Waals surface area contributed by atoms with E-state index >= 15 is 0 Å². The van der Waals surface area contributed by atoms with Crippen LogP contribution < -0.4 is 10.8 Å². The van der Waals surface area contributed by atoms with Gasteiger partial charge in [-0.15, -0.1) is 0 Å². The molecule has 1 fully saturated rings. The van der Waals surface area contributed by atoms with Gasteiger partial charge in [0.25, 0.3) is 0 Å². The fourth-order valence-electron chi connectivity index (χ4n) is 1.87. The van der Waals surface area contributed by atoms with Crippen LogP contribution in [0.15, 0.2) is 18.2 Å². The van der Waals surface area contributed by atoms with E-state index in [-0.39, 0.29) is 0 Å². The van der Waals surface area contributed by atoms with Crippen molar-refractivity contribution in [3.05, 3.63) is 28.8 Å². The third kappa shape index (κ3) is 2.65. The molecule has 16 heavy (non-hydrogen) atoms. The number of benzene rings is 1. The Balaban J connectivity index is 2.23. The van der Waals surface area contributed by atoms with Crippen LogP contribution in [0.1, 0.15) is 5.56 Å². The molecule has 0 spiro atoms. The van der Waals surface area contributed by atoms with Gasteiger partial charge in [0, 0.05) is 29.4 Å². The molecule has 0 bridgehead atoms. The van der Waals surface area contributed by atoms with Crippen LogP contribution in [0, 0.1) is 0 Å². The zero-order chi connectivity index (χ0) is 11.4. The van der Waals surface area contributed by atoms with Gasteiger partial charge >= 0.3 is 0 Å². The number of nitrogens with zero attached hydrogens (tertiary/aromatic N) is 1. The van der Waals surface area contributed by atoms with Crippen molar-refractivity contribution in [2.45, 2.75) is 6.61 Å². The smallest absolute Gasteiger partial charge is 0.0950 e. The van der Waals surface area contributed by atoms with Crippen LogP contribution in [0.2, 0.25) is 5.02 Å². The number of morpholine rings is 1. The predicted molar refractivity (Wildman–Crippen MR) is 63.5 cm³/mol. The summed E-state index contributed by atoms with van der Waals surface area (Å²) in [5.41, 5.74) is 2.13. The molecule has 0 radical (unpaired) electrons. The summed E-state index contributed by atoms with van der Waals surface area (Å²) in [5, 5.41) is 0.698. The van der Waals surface area contributed by atoms with Gasteiger partial charge in [-0.05, 0) is 18.2 Å². The fourth-order valence-corrected chi connectivity index (χ4v) is 2.07. The molecule has 0 unspecified atom stereocenters. The van der Waals surface area contributed by atoms with Crippen molar-refractivity contribution in [3.63, 3.8) is 0 Å². The molecular formula is C11H15ClN2O2. The minimum absolute atomic E-state index is 0.368. The van der Waals surface area contributed by atoms with E-state index in [0.29, 0.717) is 11.6 Å². The molecule has 0 aromatic heterocycles. The Morgan fingerprint density at radius 1 is 1.38 bits per heavy atom. The summed E-state index contributed by atoms with van der Waals surface area (Å²) in [5.74, 6) is 5.12. The summed E-state index contributed by atoms with van der Waals surface area (Å²) in [7, 11) is 0. The molecule has 88 valence electrons. The summed E-state index contributed by atoms with van der Waals surface area (Å²) in [6.45, 7) is 3.66. The molecule has 2 rings (SSSR count). The number of rotatable bonds is 3. The van der Waals surface area contributed by atoms with Crippen LogP contribution in [0.3, 0.4) is 0 Å². The Morgan fingerprint density at radius 3 is 2.81 bits per heavy atom. The number of hydrogen-bond donors (Lipinski definition) is 1. The molecule has 1 heterocycles. The number of hydrogen-bond acceptors (Lipinski definition) is 4. The highest BCUT2D eigenvalue weighted by atomic mass is 35.5. The maximum atomic E-state index is 5.95. The topological polar surface area (TPSA) is 47.7 Å². The maximum absolute atomic E-state index is 5.95. The zero-order valence-electron chi connectivity index (χ0n) is 8.99. The van der Waals surface area contributed by atoms with Crippen molar-refractivity contribution in [1.29, 1.82) is 0 Å². The van der Waals surface area contributed by atoms with E-state index < -0.39 is 0 Å². The van der Waals surface area contributed by atoms with Crippen LogP contribution in [-0.2, 0) is 16.2 Å². The summed E-state index contributed by atoms with van der Waals surface area (Å²) in [6, 6.07) is 5.77. The van der Waals surface area contributed by atoms with Crippen LogP contribution >= 0.6 is 11.6 Å². The zero-order valence-corrected chi connectivity index (χ0v) is 9.74. The van der Waals surface area contributed by atoms with Crippen molar-refractivity contribution in [2.75, 3.05) is 31.2 Å². The maximum Gasteiger partial charge on any atom is 0.0950 e. The highest BCUT2D eigenvalue weighted by molar-refractivity contribution is 6.30. The molecule has 5 heteroatoms. The molecule has 0 saturated carbocycles. The number of ether oxygens (including phenoxy) is 1. The van der Waals surface area contributed by atoms with Crippen LogP contribution in [0.5, 0.6) is 0 Å². The van der Waals surface area contributed by atoms with Crippen LogP contribution in [-0.4, -0.2) is 26.3 Å². The van der Waals surface area contributed by atoms with Gasteiger partial charge in [0.1, 0.15) is 0 Å². The summed E-state index contributed by atoms with van der Waals surface area (Å²) < 4.78 is 5.32. The van der Waals surface area contributed by atoms with E-state index in [1.165, 1.54) is 0 Å². The largest absolute Gasteiger partial charge is 0.378 e. The summed E-state index contributed by atoms with van der Waals surface area (Å²) in [4.78, 5) is 6.96. The third-order valence-corrected chi connectivity index (χ3v) is 2.87. The van der Waals surface area contributed by atoms with Crippen molar-refractivity contribution >= 4 is 17.3 Å². The highest BCUT2D eigenvalue weighted by Gasteiger charge is 2.14. The number of anilines is 1. The van der Waals surface area contributed by atoms with E-state index in [0.717, 1.165) is 37.6 Å². The number of halogens is 1. The molecule has 1 aliphatic rings. The Bertz CT molecular complexity index is 354. The fraction of sp³-hybridized carbons (Fsp3) is 0.455. The molecule has 0 amide bonds. The van der Waals surface area contributed by atoms with Gasteiger partial charge in [0.15, 0.2) is 0 Å². The van der Waals surface area contributed by atoms with Crippen molar-refractivity contribution < 1.29 is 9.57 Å². The summed E-state index contributed by atoms with van der Waals surface area (Å²) >= 11 is 5.95. The second kappa shape index (κ2) is 5.50. The molecule has 4 nitrogen and oxygen atoms in total.